The van der Waals surface area contributed by atoms with E-state index >= 15 is 0 Å². The molecule has 1 heterocycles. The third-order valence-electron chi connectivity index (χ3n) is 7.14. The quantitative estimate of drug-likeness (QED) is 0.240. The lowest BCUT2D eigenvalue weighted by molar-refractivity contribution is -0.140. The predicted octanol–water partition coefficient (Wildman–Crippen LogP) is 6.24. The topological polar surface area (TPSA) is 76.1 Å². The van der Waals surface area contributed by atoms with Crippen LogP contribution in [-0.4, -0.2) is 35.9 Å². The summed E-state index contributed by atoms with van der Waals surface area (Å²) in [5.41, 5.74) is 5.15. The molecular weight excluding hydrogens is 478 g/mol. The monoisotopic (exact) mass is 513 g/mol. The number of amides is 1. The summed E-state index contributed by atoms with van der Waals surface area (Å²) in [6.07, 6.45) is 0. The van der Waals surface area contributed by atoms with Crippen molar-refractivity contribution < 1.29 is 24.2 Å². The predicted molar refractivity (Wildman–Crippen MR) is 148 cm³/mol. The van der Waals surface area contributed by atoms with Crippen LogP contribution in [0.3, 0.4) is 0 Å². The number of Topliss-reactive ketones (excluding diaryl/α,β-unsaturated/α-hetero) is 1. The van der Waals surface area contributed by atoms with E-state index in [9.17, 15) is 14.7 Å². The van der Waals surface area contributed by atoms with Crippen LogP contribution in [-0.2, 0) is 21.5 Å². The molecule has 6 heteroatoms. The fraction of sp³-hybridized carbons (Fsp3) is 0.312. The van der Waals surface area contributed by atoms with Gasteiger partial charge in [0.15, 0.2) is 0 Å². The van der Waals surface area contributed by atoms with Gasteiger partial charge in [-0.1, -0.05) is 68.8 Å². The normalized spacial score (nSPS) is 17.1. The Balaban J connectivity index is 1.93. The van der Waals surface area contributed by atoms with Crippen LogP contribution in [0.5, 0.6) is 11.5 Å². The molecular formula is C32H35NO5. The van der Waals surface area contributed by atoms with Crippen molar-refractivity contribution >= 4 is 17.4 Å². The number of nitrogens with zero attached hydrogens (tertiary/aromatic N) is 1. The molecule has 0 spiro atoms. The zero-order chi connectivity index (χ0) is 27.8. The molecule has 1 N–H and O–H groups in total. The summed E-state index contributed by atoms with van der Waals surface area (Å²) in [6.45, 7) is 10.6. The lowest BCUT2D eigenvalue weighted by atomic mass is 9.85. The third-order valence-corrected chi connectivity index (χ3v) is 7.14. The number of benzene rings is 3. The maximum absolute atomic E-state index is 13.6. The molecule has 4 rings (SSSR count). The molecule has 0 aromatic heterocycles. The van der Waals surface area contributed by atoms with Gasteiger partial charge in [-0.2, -0.15) is 0 Å². The van der Waals surface area contributed by atoms with Crippen LogP contribution in [0, 0.1) is 13.8 Å². The van der Waals surface area contributed by atoms with Crippen molar-refractivity contribution in [2.45, 2.75) is 52.6 Å². The summed E-state index contributed by atoms with van der Waals surface area (Å²) in [4.78, 5) is 28.6. The van der Waals surface area contributed by atoms with E-state index in [1.807, 2.05) is 56.3 Å². The van der Waals surface area contributed by atoms with E-state index in [4.69, 9.17) is 9.47 Å². The number of ketones is 1. The van der Waals surface area contributed by atoms with Crippen LogP contribution in [0.2, 0.25) is 0 Å². The molecule has 198 valence electrons. The van der Waals surface area contributed by atoms with Gasteiger partial charge in [0.2, 0.25) is 0 Å². The zero-order valence-corrected chi connectivity index (χ0v) is 23.1. The number of likely N-dealkylation sites (tertiary alicyclic amines) is 1. The van der Waals surface area contributed by atoms with Crippen molar-refractivity contribution in [3.8, 4) is 11.5 Å². The Morgan fingerprint density at radius 2 is 1.61 bits per heavy atom. The van der Waals surface area contributed by atoms with Crippen molar-refractivity contribution in [1.29, 1.82) is 0 Å². The Labute approximate surface area is 224 Å². The van der Waals surface area contributed by atoms with E-state index in [1.165, 1.54) is 14.2 Å². The van der Waals surface area contributed by atoms with Gasteiger partial charge in [-0.25, -0.2) is 0 Å². The van der Waals surface area contributed by atoms with Gasteiger partial charge < -0.3 is 19.5 Å². The van der Waals surface area contributed by atoms with E-state index in [0.717, 1.165) is 27.8 Å². The van der Waals surface area contributed by atoms with Gasteiger partial charge in [-0.3, -0.25) is 9.59 Å². The second-order valence-electron chi connectivity index (χ2n) is 10.8. The van der Waals surface area contributed by atoms with E-state index in [-0.39, 0.29) is 28.9 Å². The first-order chi connectivity index (χ1) is 18.0. The minimum atomic E-state index is -0.778. The minimum Gasteiger partial charge on any atom is -0.507 e. The highest BCUT2D eigenvalue weighted by Gasteiger charge is 2.46. The molecule has 1 saturated heterocycles. The van der Waals surface area contributed by atoms with Crippen LogP contribution in [0.25, 0.3) is 5.76 Å². The molecule has 0 aliphatic carbocycles. The molecule has 1 amide bonds. The first kappa shape index (κ1) is 27.0. The number of hydrogen-bond acceptors (Lipinski definition) is 5. The molecule has 38 heavy (non-hydrogen) atoms. The summed E-state index contributed by atoms with van der Waals surface area (Å²) < 4.78 is 10.8. The Hall–Kier alpha value is -4.06. The number of ether oxygens (including phenoxy) is 2. The summed E-state index contributed by atoms with van der Waals surface area (Å²) in [6, 6.07) is 18.1. The Kier molecular flexibility index (Phi) is 7.36. The number of aryl methyl sites for hydroxylation is 2. The van der Waals surface area contributed by atoms with Crippen LogP contribution in [0.1, 0.15) is 60.2 Å². The fourth-order valence-electron chi connectivity index (χ4n) is 4.85. The number of carbonyl (C=O) groups is 2. The van der Waals surface area contributed by atoms with Crippen LogP contribution >= 0.6 is 0 Å². The Morgan fingerprint density at radius 1 is 0.921 bits per heavy atom. The molecule has 3 aromatic rings. The number of methoxy groups -OCH3 is 2. The summed E-state index contributed by atoms with van der Waals surface area (Å²) >= 11 is 0. The molecule has 1 aliphatic rings. The van der Waals surface area contributed by atoms with Crippen molar-refractivity contribution in [3.05, 3.63) is 99.6 Å². The highest BCUT2D eigenvalue weighted by atomic mass is 16.5. The Bertz CT molecular complexity index is 1410. The minimum absolute atomic E-state index is 0.0235. The largest absolute Gasteiger partial charge is 0.507 e. The third kappa shape index (κ3) is 5.03. The van der Waals surface area contributed by atoms with Gasteiger partial charge in [0.25, 0.3) is 11.7 Å². The number of aliphatic hydroxyl groups excluding tert-OH is 1. The molecule has 3 aromatic carbocycles. The van der Waals surface area contributed by atoms with E-state index < -0.39 is 17.7 Å². The smallest absolute Gasteiger partial charge is 0.295 e. The lowest BCUT2D eigenvalue weighted by Crippen LogP contribution is -2.29. The summed E-state index contributed by atoms with van der Waals surface area (Å²) in [7, 11) is 3.01. The molecule has 1 fully saturated rings. The average Bonchev–Trinajstić information content (AvgIpc) is 3.14. The van der Waals surface area contributed by atoms with Crippen molar-refractivity contribution in [1.82, 2.24) is 4.90 Å². The molecule has 6 nitrogen and oxygen atoms in total. The van der Waals surface area contributed by atoms with Crippen molar-refractivity contribution in [2.24, 2.45) is 0 Å². The number of hydrogen-bond donors (Lipinski definition) is 1. The van der Waals surface area contributed by atoms with Crippen molar-refractivity contribution in [3.63, 3.8) is 0 Å². The van der Waals surface area contributed by atoms with E-state index in [2.05, 4.69) is 20.8 Å². The molecule has 0 radical (unpaired) electrons. The second-order valence-corrected chi connectivity index (χ2v) is 10.8. The summed E-state index contributed by atoms with van der Waals surface area (Å²) in [5.74, 6) is -0.830. The lowest BCUT2D eigenvalue weighted by Gasteiger charge is -2.27. The zero-order valence-electron chi connectivity index (χ0n) is 23.1. The van der Waals surface area contributed by atoms with Crippen LogP contribution in [0.4, 0.5) is 0 Å². The highest BCUT2D eigenvalue weighted by molar-refractivity contribution is 6.46. The standard InChI is InChI=1S/C32H35NO5/c1-19-8-9-20(2)22(16-19)18-33-28(21-10-12-23(13-11-21)32(3,4)5)27(30(35)31(33)36)29(34)25-17-24(37-6)14-15-26(25)38-7/h8-17,28,34H,18H2,1-7H3/b29-27+. The van der Waals surface area contributed by atoms with Gasteiger partial charge in [0.1, 0.15) is 17.3 Å². The van der Waals surface area contributed by atoms with Gasteiger partial charge in [0, 0.05) is 6.54 Å². The number of aliphatic hydroxyl groups is 1. The van der Waals surface area contributed by atoms with Crippen LogP contribution in [0.15, 0.2) is 66.2 Å². The van der Waals surface area contributed by atoms with Crippen molar-refractivity contribution in [2.75, 3.05) is 14.2 Å². The molecule has 0 saturated carbocycles. The molecule has 1 atom stereocenters. The number of rotatable bonds is 6. The Morgan fingerprint density at radius 3 is 2.21 bits per heavy atom. The number of carbonyl (C=O) groups excluding carboxylic acids is 2. The molecule has 1 unspecified atom stereocenters. The van der Waals surface area contributed by atoms with E-state index in [1.54, 1.807) is 23.1 Å². The maximum Gasteiger partial charge on any atom is 0.295 e. The molecule has 0 bridgehead atoms. The summed E-state index contributed by atoms with van der Waals surface area (Å²) in [5, 5.41) is 11.6. The first-order valence-electron chi connectivity index (χ1n) is 12.6. The van der Waals surface area contributed by atoms with E-state index in [0.29, 0.717) is 11.5 Å². The highest BCUT2D eigenvalue weighted by Crippen LogP contribution is 2.43. The second kappa shape index (κ2) is 10.4. The van der Waals surface area contributed by atoms with Gasteiger partial charge in [-0.05, 0) is 59.7 Å². The van der Waals surface area contributed by atoms with Gasteiger partial charge >= 0.3 is 0 Å². The first-order valence-corrected chi connectivity index (χ1v) is 12.6. The molecule has 1 aliphatic heterocycles. The SMILES string of the molecule is COc1ccc(OC)c(/C(O)=C2\C(=O)C(=O)N(Cc3cc(C)ccc3C)C2c2ccc(C(C)(C)C)cc2)c1. The van der Waals surface area contributed by atoms with Gasteiger partial charge in [0.05, 0.1) is 31.4 Å². The van der Waals surface area contributed by atoms with Gasteiger partial charge in [-0.15, -0.1) is 0 Å². The fourth-order valence-corrected chi connectivity index (χ4v) is 4.85. The van der Waals surface area contributed by atoms with Crippen LogP contribution < -0.4 is 9.47 Å². The maximum atomic E-state index is 13.6. The average molecular weight is 514 g/mol.